The molecule has 0 bridgehead atoms. The van der Waals surface area contributed by atoms with Gasteiger partial charge in [0.1, 0.15) is 17.3 Å². The van der Waals surface area contributed by atoms with E-state index in [0.29, 0.717) is 0 Å². The van der Waals surface area contributed by atoms with Crippen molar-refractivity contribution in [3.05, 3.63) is 42.1 Å². The number of fused-ring (bicyclic) bond motifs is 2. The van der Waals surface area contributed by atoms with E-state index in [9.17, 15) is 0 Å². The van der Waals surface area contributed by atoms with E-state index in [-0.39, 0.29) is 0 Å². The van der Waals surface area contributed by atoms with E-state index < -0.39 is 0 Å². The van der Waals surface area contributed by atoms with Crippen molar-refractivity contribution in [1.82, 2.24) is 24.9 Å². The fourth-order valence-electron chi connectivity index (χ4n) is 2.50. The summed E-state index contributed by atoms with van der Waals surface area (Å²) in [6.45, 7) is 3.90. The van der Waals surface area contributed by atoms with Gasteiger partial charge in [-0.25, -0.2) is 15.0 Å². The van der Waals surface area contributed by atoms with Crippen LogP contribution in [0.15, 0.2) is 30.6 Å². The molecule has 4 aromatic rings. The van der Waals surface area contributed by atoms with Crippen molar-refractivity contribution >= 4 is 33.6 Å². The van der Waals surface area contributed by atoms with Gasteiger partial charge in [0.15, 0.2) is 0 Å². The number of aryl methyl sites for hydroxylation is 2. The van der Waals surface area contributed by atoms with Crippen LogP contribution in [0.4, 0.5) is 11.5 Å². The average Bonchev–Trinajstić information content (AvgIpc) is 3.03. The van der Waals surface area contributed by atoms with E-state index in [2.05, 4.69) is 30.2 Å². The third kappa shape index (κ3) is 2.01. The largest absolute Gasteiger partial charge is 0.345 e. The molecule has 0 spiro atoms. The van der Waals surface area contributed by atoms with Gasteiger partial charge in [-0.2, -0.15) is 0 Å². The number of aromatic nitrogens is 5. The summed E-state index contributed by atoms with van der Waals surface area (Å²) in [5.74, 6) is 1.54. The third-order valence-corrected chi connectivity index (χ3v) is 3.42. The molecule has 21 heavy (non-hydrogen) atoms. The van der Waals surface area contributed by atoms with Crippen LogP contribution in [-0.4, -0.2) is 24.9 Å². The number of hydrogen-bond donors (Lipinski definition) is 3. The van der Waals surface area contributed by atoms with E-state index in [1.54, 1.807) is 6.33 Å². The molecule has 0 aliphatic heterocycles. The Labute approximate surface area is 120 Å². The van der Waals surface area contributed by atoms with E-state index in [1.807, 2.05) is 38.1 Å². The molecule has 0 saturated heterocycles. The highest BCUT2D eigenvalue weighted by molar-refractivity contribution is 5.90. The van der Waals surface area contributed by atoms with Gasteiger partial charge in [-0.1, -0.05) is 0 Å². The molecule has 0 aliphatic carbocycles. The summed E-state index contributed by atoms with van der Waals surface area (Å²) in [7, 11) is 0. The standard InChI is InChI=1S/C15H14N6/c1-8-5-11-14(18-8)19-9(2)20-15(11)21-10-3-4-12-13(6-10)17-7-16-12/h3-7H,1-2H3,(H,16,17)(H2,18,19,20,21). The topological polar surface area (TPSA) is 82.3 Å². The third-order valence-electron chi connectivity index (χ3n) is 3.42. The van der Waals surface area contributed by atoms with Gasteiger partial charge < -0.3 is 15.3 Å². The van der Waals surface area contributed by atoms with Crippen molar-refractivity contribution in [3.63, 3.8) is 0 Å². The molecule has 3 heterocycles. The van der Waals surface area contributed by atoms with Crippen LogP contribution in [-0.2, 0) is 0 Å². The highest BCUT2D eigenvalue weighted by Crippen LogP contribution is 2.25. The summed E-state index contributed by atoms with van der Waals surface area (Å²) in [6.07, 6.45) is 1.69. The van der Waals surface area contributed by atoms with E-state index >= 15 is 0 Å². The zero-order chi connectivity index (χ0) is 14.4. The predicted molar refractivity (Wildman–Crippen MR) is 82.7 cm³/mol. The second-order valence-electron chi connectivity index (χ2n) is 5.09. The second kappa shape index (κ2) is 4.31. The molecule has 3 aromatic heterocycles. The van der Waals surface area contributed by atoms with Crippen molar-refractivity contribution in [2.24, 2.45) is 0 Å². The van der Waals surface area contributed by atoms with Crippen molar-refractivity contribution < 1.29 is 0 Å². The van der Waals surface area contributed by atoms with Gasteiger partial charge in [-0.15, -0.1) is 0 Å². The minimum absolute atomic E-state index is 0.731. The van der Waals surface area contributed by atoms with E-state index in [1.165, 1.54) is 0 Å². The maximum absolute atomic E-state index is 4.51. The molecule has 0 amide bonds. The molecule has 4 rings (SSSR count). The van der Waals surface area contributed by atoms with Crippen LogP contribution in [0.5, 0.6) is 0 Å². The van der Waals surface area contributed by atoms with Crippen molar-refractivity contribution in [2.45, 2.75) is 13.8 Å². The van der Waals surface area contributed by atoms with Gasteiger partial charge >= 0.3 is 0 Å². The lowest BCUT2D eigenvalue weighted by molar-refractivity contribution is 1.08. The van der Waals surface area contributed by atoms with Crippen LogP contribution in [0.1, 0.15) is 11.5 Å². The summed E-state index contributed by atoms with van der Waals surface area (Å²) >= 11 is 0. The first kappa shape index (κ1) is 11.9. The Balaban J connectivity index is 1.82. The monoisotopic (exact) mass is 278 g/mol. The van der Waals surface area contributed by atoms with Crippen LogP contribution in [0.3, 0.4) is 0 Å². The number of hydrogen-bond acceptors (Lipinski definition) is 4. The summed E-state index contributed by atoms with van der Waals surface area (Å²) in [5.41, 5.74) is 4.82. The van der Waals surface area contributed by atoms with Gasteiger partial charge in [0.05, 0.1) is 22.7 Å². The molecule has 0 unspecified atom stereocenters. The van der Waals surface area contributed by atoms with Crippen LogP contribution in [0.25, 0.3) is 22.1 Å². The van der Waals surface area contributed by atoms with Gasteiger partial charge in [0, 0.05) is 11.4 Å². The molecule has 6 heteroatoms. The molecule has 0 saturated carbocycles. The fraction of sp³-hybridized carbons (Fsp3) is 0.133. The van der Waals surface area contributed by atoms with Crippen molar-refractivity contribution in [2.75, 3.05) is 5.32 Å². The Morgan fingerprint density at radius 2 is 2.00 bits per heavy atom. The molecule has 0 radical (unpaired) electrons. The summed E-state index contributed by atoms with van der Waals surface area (Å²) in [6, 6.07) is 8.03. The number of benzene rings is 1. The minimum atomic E-state index is 0.731. The van der Waals surface area contributed by atoms with E-state index in [4.69, 9.17) is 0 Å². The quantitative estimate of drug-likeness (QED) is 0.526. The molecule has 1 aromatic carbocycles. The predicted octanol–water partition coefficient (Wildman–Crippen LogP) is 3.19. The molecule has 0 atom stereocenters. The number of rotatable bonds is 2. The summed E-state index contributed by atoms with van der Waals surface area (Å²) in [4.78, 5) is 19.5. The van der Waals surface area contributed by atoms with Gasteiger partial charge in [-0.05, 0) is 38.1 Å². The lowest BCUT2D eigenvalue weighted by Gasteiger charge is -2.07. The zero-order valence-electron chi connectivity index (χ0n) is 11.7. The van der Waals surface area contributed by atoms with E-state index in [0.717, 1.165) is 45.1 Å². The average molecular weight is 278 g/mol. The maximum atomic E-state index is 4.51. The highest BCUT2D eigenvalue weighted by atomic mass is 15.1. The lowest BCUT2D eigenvalue weighted by Crippen LogP contribution is -1.98. The van der Waals surface area contributed by atoms with Crippen LogP contribution < -0.4 is 5.32 Å². The number of nitrogens with one attached hydrogen (secondary N) is 3. The molecule has 6 nitrogen and oxygen atoms in total. The zero-order valence-corrected chi connectivity index (χ0v) is 11.7. The maximum Gasteiger partial charge on any atom is 0.143 e. The number of imidazole rings is 1. The number of aromatic amines is 2. The smallest absolute Gasteiger partial charge is 0.143 e. The number of anilines is 2. The van der Waals surface area contributed by atoms with Crippen molar-refractivity contribution in [3.8, 4) is 0 Å². The Kier molecular flexibility index (Phi) is 2.44. The number of H-pyrrole nitrogens is 2. The molecular formula is C15H14N6. The normalized spacial score (nSPS) is 11.3. The van der Waals surface area contributed by atoms with Gasteiger partial charge in [-0.3, -0.25) is 0 Å². The first-order chi connectivity index (χ1) is 10.2. The lowest BCUT2D eigenvalue weighted by atomic mass is 10.2. The Morgan fingerprint density at radius 3 is 2.90 bits per heavy atom. The molecule has 104 valence electrons. The number of nitrogens with zero attached hydrogens (tertiary/aromatic N) is 3. The first-order valence-electron chi connectivity index (χ1n) is 6.73. The molecule has 0 fully saturated rings. The Morgan fingerprint density at radius 1 is 1.10 bits per heavy atom. The summed E-state index contributed by atoms with van der Waals surface area (Å²) in [5, 5.41) is 4.35. The molecular weight excluding hydrogens is 264 g/mol. The van der Waals surface area contributed by atoms with Crippen LogP contribution >= 0.6 is 0 Å². The van der Waals surface area contributed by atoms with Crippen molar-refractivity contribution in [1.29, 1.82) is 0 Å². The van der Waals surface area contributed by atoms with Crippen LogP contribution in [0, 0.1) is 13.8 Å². The Bertz CT molecular complexity index is 949. The van der Waals surface area contributed by atoms with Gasteiger partial charge in [0.2, 0.25) is 0 Å². The highest BCUT2D eigenvalue weighted by Gasteiger charge is 2.09. The summed E-state index contributed by atoms with van der Waals surface area (Å²) < 4.78 is 0. The van der Waals surface area contributed by atoms with Crippen LogP contribution in [0.2, 0.25) is 0 Å². The Hall–Kier alpha value is -2.89. The SMILES string of the molecule is Cc1nc(Nc2ccc3nc[nH]c3c2)c2cc(C)[nH]c2n1. The second-order valence-corrected chi connectivity index (χ2v) is 5.09. The minimum Gasteiger partial charge on any atom is -0.345 e. The molecule has 0 aliphatic rings. The fourth-order valence-corrected chi connectivity index (χ4v) is 2.50. The first-order valence-corrected chi connectivity index (χ1v) is 6.73. The molecule has 3 N–H and O–H groups in total. The van der Waals surface area contributed by atoms with Gasteiger partial charge in [0.25, 0.3) is 0 Å².